The van der Waals surface area contributed by atoms with E-state index in [1.807, 2.05) is 40.7 Å². The van der Waals surface area contributed by atoms with Gasteiger partial charge >= 0.3 is 0 Å². The monoisotopic (exact) mass is 718 g/mol. The van der Waals surface area contributed by atoms with Gasteiger partial charge in [-0.2, -0.15) is 8.42 Å². The van der Waals surface area contributed by atoms with E-state index in [1.54, 1.807) is 60.7 Å². The summed E-state index contributed by atoms with van der Waals surface area (Å²) >= 11 is 0. The van der Waals surface area contributed by atoms with Gasteiger partial charge in [-0.3, -0.25) is 4.18 Å². The van der Waals surface area contributed by atoms with Crippen molar-refractivity contribution >= 4 is 29.8 Å². The minimum Gasteiger partial charge on any atom is -0.457 e. The number of rotatable bonds is 11. The van der Waals surface area contributed by atoms with Gasteiger partial charge < -0.3 is 4.74 Å². The van der Waals surface area contributed by atoms with Crippen LogP contribution in [0.1, 0.15) is 43.0 Å². The first-order chi connectivity index (χ1) is 22.9. The maximum Gasteiger partial charge on any atom is 0.297 e. The summed E-state index contributed by atoms with van der Waals surface area (Å²) in [6.45, 7) is 9.44. The number of hydrogen-bond donors (Lipinski definition) is 0. The van der Waals surface area contributed by atoms with E-state index in [0.717, 1.165) is 22.3 Å². The van der Waals surface area contributed by atoms with Gasteiger partial charge in [0, 0.05) is 0 Å². The van der Waals surface area contributed by atoms with E-state index >= 15 is 0 Å². The summed E-state index contributed by atoms with van der Waals surface area (Å²) in [5.74, 6) is 0.775. The Bertz CT molecular complexity index is 2270. The minimum atomic E-state index is -3.94. The molecule has 8 nitrogen and oxygen atoms in total. The first-order valence-corrected chi connectivity index (χ1v) is 19.8. The summed E-state index contributed by atoms with van der Waals surface area (Å²) in [5.41, 5.74) is 2.98. The van der Waals surface area contributed by atoms with Crippen LogP contribution in [-0.2, 0) is 40.4 Å². The molecular weight excluding hydrogens is 681 g/mol. The summed E-state index contributed by atoms with van der Waals surface area (Å²) < 4.78 is 89.4. The van der Waals surface area contributed by atoms with Crippen LogP contribution in [0, 0.1) is 19.3 Å². The second-order valence-corrected chi connectivity index (χ2v) is 18.6. The Balaban J connectivity index is 1.25. The van der Waals surface area contributed by atoms with E-state index in [0.29, 0.717) is 17.9 Å². The molecule has 0 N–H and O–H groups in total. The predicted molar refractivity (Wildman–Crippen MR) is 188 cm³/mol. The topological polar surface area (TPSA) is 121 Å². The molecule has 0 atom stereocenters. The molecule has 11 heteroatoms. The highest BCUT2D eigenvalue weighted by atomic mass is 32.2. The van der Waals surface area contributed by atoms with E-state index in [1.165, 1.54) is 48.5 Å². The van der Waals surface area contributed by atoms with Gasteiger partial charge in [0.1, 0.15) is 11.5 Å². The fourth-order valence-electron chi connectivity index (χ4n) is 4.91. The fraction of sp³-hybridized carbons (Fsp3) is 0.211. The summed E-state index contributed by atoms with van der Waals surface area (Å²) in [5, 5.41) is 0. The molecule has 0 amide bonds. The van der Waals surface area contributed by atoms with Gasteiger partial charge in [0.15, 0.2) is 0 Å². The van der Waals surface area contributed by atoms with Crippen LogP contribution in [-0.4, -0.2) is 31.9 Å². The van der Waals surface area contributed by atoms with E-state index in [9.17, 15) is 25.3 Å². The molecule has 0 aliphatic carbocycles. The van der Waals surface area contributed by atoms with E-state index in [4.69, 9.17) is 8.92 Å². The Labute approximate surface area is 289 Å². The Morgan fingerprint density at radius 2 is 0.918 bits per heavy atom. The van der Waals surface area contributed by atoms with E-state index in [2.05, 4.69) is 0 Å². The van der Waals surface area contributed by atoms with Crippen molar-refractivity contribution in [1.29, 1.82) is 0 Å². The summed E-state index contributed by atoms with van der Waals surface area (Å²) in [4.78, 5) is 0.610. The number of aryl methyl sites for hydroxylation is 2. The van der Waals surface area contributed by atoms with Crippen LogP contribution in [0.25, 0.3) is 0 Å². The van der Waals surface area contributed by atoms with Crippen LogP contribution >= 0.6 is 0 Å². The standard InChI is InChI=1S/C38H38O8S3/c1-27-6-14-33(15-7-27)47(39,40)35-18-10-31(11-19-35)46-32-12-20-36(21-13-32)48(41,42)34-16-8-29(9-17-34)24-30-22-28(2)23-37(25-30)49(43,44)45-26-38(3,4)5/h6-23,25H,24,26H2,1-5H3. The third-order valence-corrected chi connectivity index (χ3v) is 12.3. The summed E-state index contributed by atoms with van der Waals surface area (Å²) in [6, 6.07) is 30.1. The zero-order chi connectivity index (χ0) is 35.6. The molecule has 0 aliphatic rings. The molecule has 49 heavy (non-hydrogen) atoms. The maximum absolute atomic E-state index is 13.4. The highest BCUT2D eigenvalue weighted by Crippen LogP contribution is 2.29. The Morgan fingerprint density at radius 3 is 1.37 bits per heavy atom. The molecule has 256 valence electrons. The molecule has 0 bridgehead atoms. The smallest absolute Gasteiger partial charge is 0.297 e. The second kappa shape index (κ2) is 13.9. The Kier molecular flexibility index (Phi) is 10.2. The number of benzene rings is 5. The zero-order valence-corrected chi connectivity index (χ0v) is 30.3. The van der Waals surface area contributed by atoms with E-state index in [-0.39, 0.29) is 36.5 Å². The van der Waals surface area contributed by atoms with Crippen LogP contribution in [0.5, 0.6) is 11.5 Å². The number of hydrogen-bond acceptors (Lipinski definition) is 8. The third-order valence-electron chi connectivity index (χ3n) is 7.52. The zero-order valence-electron chi connectivity index (χ0n) is 27.9. The van der Waals surface area contributed by atoms with Crippen molar-refractivity contribution in [3.8, 4) is 11.5 Å². The van der Waals surface area contributed by atoms with E-state index < -0.39 is 29.8 Å². The van der Waals surface area contributed by atoms with Crippen molar-refractivity contribution in [2.75, 3.05) is 6.61 Å². The normalized spacial score (nSPS) is 12.5. The lowest BCUT2D eigenvalue weighted by atomic mass is 9.99. The number of ether oxygens (including phenoxy) is 1. The quantitative estimate of drug-likeness (QED) is 0.126. The van der Waals surface area contributed by atoms with Crippen molar-refractivity contribution in [3.05, 3.63) is 138 Å². The molecule has 0 aliphatic heterocycles. The van der Waals surface area contributed by atoms with Crippen molar-refractivity contribution in [3.63, 3.8) is 0 Å². The van der Waals surface area contributed by atoms with Crippen LogP contribution in [0.4, 0.5) is 0 Å². The van der Waals surface area contributed by atoms with Crippen molar-refractivity contribution in [2.24, 2.45) is 5.41 Å². The van der Waals surface area contributed by atoms with Gasteiger partial charge in [0.2, 0.25) is 19.7 Å². The highest BCUT2D eigenvalue weighted by Gasteiger charge is 2.22. The molecule has 0 heterocycles. The van der Waals surface area contributed by atoms with Gasteiger partial charge in [-0.25, -0.2) is 16.8 Å². The average Bonchev–Trinajstić information content (AvgIpc) is 3.04. The lowest BCUT2D eigenvalue weighted by Gasteiger charge is -2.18. The largest absolute Gasteiger partial charge is 0.457 e. The summed E-state index contributed by atoms with van der Waals surface area (Å²) in [7, 11) is -11.5. The average molecular weight is 719 g/mol. The van der Waals surface area contributed by atoms with Gasteiger partial charge in [0.25, 0.3) is 10.1 Å². The maximum atomic E-state index is 13.4. The van der Waals surface area contributed by atoms with Crippen LogP contribution in [0.2, 0.25) is 0 Å². The van der Waals surface area contributed by atoms with Gasteiger partial charge in [-0.05, 0) is 127 Å². The molecule has 0 saturated heterocycles. The Hall–Kier alpha value is -4.29. The second-order valence-electron chi connectivity index (χ2n) is 13.1. The van der Waals surface area contributed by atoms with Crippen molar-refractivity contribution in [1.82, 2.24) is 0 Å². The molecule has 0 fully saturated rings. The molecule has 5 aromatic carbocycles. The lowest BCUT2D eigenvalue weighted by Crippen LogP contribution is -2.19. The molecule has 5 rings (SSSR count). The minimum absolute atomic E-state index is 0.0573. The first kappa shape index (κ1) is 36.0. The van der Waals surface area contributed by atoms with Crippen LogP contribution in [0.3, 0.4) is 0 Å². The fourth-order valence-corrected chi connectivity index (χ4v) is 8.71. The third kappa shape index (κ3) is 8.85. The molecule has 0 aromatic heterocycles. The van der Waals surface area contributed by atoms with Crippen LogP contribution in [0.15, 0.2) is 140 Å². The lowest BCUT2D eigenvalue weighted by molar-refractivity contribution is 0.203. The molecular formula is C38H38O8S3. The van der Waals surface area contributed by atoms with Gasteiger partial charge in [0.05, 0.1) is 31.1 Å². The molecule has 0 spiro atoms. The molecule has 0 saturated carbocycles. The SMILES string of the molecule is Cc1ccc(S(=O)(=O)c2ccc(Oc3ccc(S(=O)(=O)c4ccc(Cc5cc(C)cc(S(=O)(=O)OCC(C)(C)C)c5)cc4)cc3)cc2)cc1. The number of sulfone groups is 2. The summed E-state index contributed by atoms with van der Waals surface area (Å²) in [6.07, 6.45) is 0.398. The Morgan fingerprint density at radius 1 is 0.490 bits per heavy atom. The molecule has 5 aromatic rings. The van der Waals surface area contributed by atoms with Crippen LogP contribution < -0.4 is 4.74 Å². The molecule has 0 unspecified atom stereocenters. The molecule has 0 radical (unpaired) electrons. The highest BCUT2D eigenvalue weighted by molar-refractivity contribution is 7.91. The predicted octanol–water partition coefficient (Wildman–Crippen LogP) is 8.10. The van der Waals surface area contributed by atoms with Gasteiger partial charge in [-0.15, -0.1) is 0 Å². The van der Waals surface area contributed by atoms with Crippen molar-refractivity contribution in [2.45, 2.75) is 65.5 Å². The van der Waals surface area contributed by atoms with Gasteiger partial charge in [-0.1, -0.05) is 56.7 Å². The van der Waals surface area contributed by atoms with Crippen molar-refractivity contribution < 1.29 is 34.2 Å². The first-order valence-electron chi connectivity index (χ1n) is 15.5.